The summed E-state index contributed by atoms with van der Waals surface area (Å²) in [6, 6.07) is 0. The average Bonchev–Trinajstić information content (AvgIpc) is 3.10. The maximum absolute atomic E-state index is 12.9. The van der Waals surface area contributed by atoms with Crippen molar-refractivity contribution in [2.45, 2.75) is 56.9 Å². The predicted molar refractivity (Wildman–Crippen MR) is 76.3 cm³/mol. The van der Waals surface area contributed by atoms with Gasteiger partial charge < -0.3 is 0 Å². The lowest BCUT2D eigenvalue weighted by Gasteiger charge is -2.42. The quantitative estimate of drug-likeness (QED) is 0.840. The van der Waals surface area contributed by atoms with E-state index in [2.05, 4.69) is 15.2 Å². The van der Waals surface area contributed by atoms with Gasteiger partial charge in [-0.15, -0.1) is 5.10 Å². The summed E-state index contributed by atoms with van der Waals surface area (Å²) in [7, 11) is 1.84. The van der Waals surface area contributed by atoms with Crippen LogP contribution in [0, 0.1) is 0 Å². The maximum atomic E-state index is 12.9. The monoisotopic (exact) mass is 276 g/mol. The van der Waals surface area contributed by atoms with Crippen LogP contribution in [0.2, 0.25) is 0 Å². The van der Waals surface area contributed by atoms with Gasteiger partial charge in [-0.3, -0.25) is 14.4 Å². The molecular formula is C15H24N4O. The van der Waals surface area contributed by atoms with Gasteiger partial charge >= 0.3 is 0 Å². The van der Waals surface area contributed by atoms with E-state index in [0.29, 0.717) is 12.2 Å². The number of carbonyl (C=O) groups is 1. The summed E-state index contributed by atoms with van der Waals surface area (Å²) in [5.41, 5.74) is 0.610. The van der Waals surface area contributed by atoms with Crippen LogP contribution in [0.1, 0.15) is 50.6 Å². The summed E-state index contributed by atoms with van der Waals surface area (Å²) >= 11 is 0. The van der Waals surface area contributed by atoms with Crippen molar-refractivity contribution in [2.24, 2.45) is 7.05 Å². The zero-order valence-corrected chi connectivity index (χ0v) is 12.3. The van der Waals surface area contributed by atoms with Gasteiger partial charge in [-0.2, -0.15) is 0 Å². The molecule has 1 aliphatic carbocycles. The second-order valence-corrected chi connectivity index (χ2v) is 6.27. The molecule has 20 heavy (non-hydrogen) atoms. The van der Waals surface area contributed by atoms with Crippen LogP contribution in [0.15, 0.2) is 6.20 Å². The summed E-state index contributed by atoms with van der Waals surface area (Å²) in [6.45, 7) is 2.18. The van der Waals surface area contributed by atoms with Crippen LogP contribution < -0.4 is 0 Å². The van der Waals surface area contributed by atoms with Crippen LogP contribution in [0.25, 0.3) is 0 Å². The Bertz CT molecular complexity index is 470. The number of ketones is 1. The number of likely N-dealkylation sites (tertiary alicyclic amines) is 1. The fraction of sp³-hybridized carbons (Fsp3) is 0.800. The number of carbonyl (C=O) groups excluding carboxylic acids is 1. The molecule has 0 aromatic carbocycles. The van der Waals surface area contributed by atoms with Gasteiger partial charge in [-0.1, -0.05) is 24.5 Å². The predicted octanol–water partition coefficient (Wildman–Crippen LogP) is 1.73. The Balaban J connectivity index is 1.76. The van der Waals surface area contributed by atoms with Gasteiger partial charge in [-0.25, -0.2) is 0 Å². The number of nitrogens with zero attached hydrogens (tertiary/aromatic N) is 4. The van der Waals surface area contributed by atoms with Crippen LogP contribution in [0.3, 0.4) is 0 Å². The Labute approximate surface area is 120 Å². The van der Waals surface area contributed by atoms with Crippen LogP contribution in [-0.4, -0.2) is 44.3 Å². The molecule has 3 rings (SSSR count). The van der Waals surface area contributed by atoms with Gasteiger partial charge in [0.1, 0.15) is 0 Å². The Kier molecular flexibility index (Phi) is 3.87. The van der Waals surface area contributed by atoms with Crippen LogP contribution in [-0.2, 0) is 18.3 Å². The third-order valence-corrected chi connectivity index (χ3v) is 4.90. The molecule has 2 fully saturated rings. The third kappa shape index (κ3) is 2.51. The van der Waals surface area contributed by atoms with E-state index in [4.69, 9.17) is 0 Å². The molecule has 110 valence electrons. The van der Waals surface area contributed by atoms with Crippen molar-refractivity contribution in [1.29, 1.82) is 0 Å². The van der Waals surface area contributed by atoms with Crippen LogP contribution in [0.5, 0.6) is 0 Å². The first kappa shape index (κ1) is 13.7. The summed E-state index contributed by atoms with van der Waals surface area (Å²) in [5.74, 6) is 0.359. The zero-order chi connectivity index (χ0) is 14.0. The van der Waals surface area contributed by atoms with Gasteiger partial charge in [0, 0.05) is 13.2 Å². The van der Waals surface area contributed by atoms with E-state index in [9.17, 15) is 4.79 Å². The standard InChI is InChI=1S/C15H24N4O/c1-18-12-13(16-17-18)11-14(20)15(7-3-4-8-15)19-9-5-2-6-10-19/h12H,2-11H2,1H3. The molecule has 5 heteroatoms. The van der Waals surface area contributed by atoms with Crippen molar-refractivity contribution in [3.63, 3.8) is 0 Å². The number of aromatic nitrogens is 3. The van der Waals surface area contributed by atoms with Crippen LogP contribution in [0.4, 0.5) is 0 Å². The lowest BCUT2D eigenvalue weighted by Crippen LogP contribution is -2.55. The zero-order valence-electron chi connectivity index (χ0n) is 12.3. The molecule has 1 aromatic rings. The minimum atomic E-state index is -0.196. The highest BCUT2D eigenvalue weighted by molar-refractivity contribution is 5.90. The minimum absolute atomic E-state index is 0.196. The SMILES string of the molecule is Cn1cc(CC(=O)C2(N3CCCCC3)CCCC2)nn1. The topological polar surface area (TPSA) is 51.0 Å². The lowest BCUT2D eigenvalue weighted by atomic mass is 9.85. The first-order valence-corrected chi connectivity index (χ1v) is 7.84. The fourth-order valence-corrected chi connectivity index (χ4v) is 3.86. The second kappa shape index (κ2) is 5.64. The van der Waals surface area contributed by atoms with Crippen molar-refractivity contribution in [2.75, 3.05) is 13.1 Å². The Hall–Kier alpha value is -1.23. The van der Waals surface area contributed by atoms with E-state index >= 15 is 0 Å². The third-order valence-electron chi connectivity index (χ3n) is 4.90. The van der Waals surface area contributed by atoms with E-state index in [1.54, 1.807) is 4.68 Å². The number of hydrogen-bond donors (Lipinski definition) is 0. The van der Waals surface area contributed by atoms with Gasteiger partial charge in [0.2, 0.25) is 0 Å². The number of piperidine rings is 1. The number of Topliss-reactive ketones (excluding diaryl/α,β-unsaturated/α-hetero) is 1. The largest absolute Gasteiger partial charge is 0.297 e. The minimum Gasteiger partial charge on any atom is -0.297 e. The molecular weight excluding hydrogens is 252 g/mol. The first-order valence-electron chi connectivity index (χ1n) is 7.84. The molecule has 0 spiro atoms. The molecule has 0 unspecified atom stereocenters. The number of rotatable bonds is 4. The fourth-order valence-electron chi connectivity index (χ4n) is 3.86. The first-order chi connectivity index (χ1) is 9.71. The molecule has 2 heterocycles. The molecule has 0 N–H and O–H groups in total. The molecule has 2 aliphatic rings. The van der Waals surface area contributed by atoms with Crippen molar-refractivity contribution >= 4 is 5.78 Å². The summed E-state index contributed by atoms with van der Waals surface area (Å²) in [5, 5.41) is 8.01. The number of aryl methyl sites for hydroxylation is 1. The van der Waals surface area contributed by atoms with Gasteiger partial charge in [0.25, 0.3) is 0 Å². The van der Waals surface area contributed by atoms with Gasteiger partial charge in [0.15, 0.2) is 5.78 Å². The molecule has 5 nitrogen and oxygen atoms in total. The summed E-state index contributed by atoms with van der Waals surface area (Å²) in [4.78, 5) is 15.4. The van der Waals surface area contributed by atoms with Crippen LogP contribution >= 0.6 is 0 Å². The molecule has 0 radical (unpaired) electrons. The van der Waals surface area contributed by atoms with Crippen molar-refractivity contribution in [3.05, 3.63) is 11.9 Å². The van der Waals surface area contributed by atoms with E-state index in [1.807, 2.05) is 13.2 Å². The Morgan fingerprint density at radius 3 is 2.50 bits per heavy atom. The molecule has 1 aromatic heterocycles. The van der Waals surface area contributed by atoms with E-state index < -0.39 is 0 Å². The van der Waals surface area contributed by atoms with Crippen molar-refractivity contribution < 1.29 is 4.79 Å². The summed E-state index contributed by atoms with van der Waals surface area (Å²) in [6.07, 6.45) is 10.5. The Morgan fingerprint density at radius 2 is 1.90 bits per heavy atom. The van der Waals surface area contributed by atoms with E-state index in [0.717, 1.165) is 31.6 Å². The van der Waals surface area contributed by atoms with Crippen molar-refractivity contribution in [1.82, 2.24) is 19.9 Å². The molecule has 0 bridgehead atoms. The van der Waals surface area contributed by atoms with Crippen molar-refractivity contribution in [3.8, 4) is 0 Å². The van der Waals surface area contributed by atoms with E-state index in [-0.39, 0.29) is 5.54 Å². The van der Waals surface area contributed by atoms with Gasteiger partial charge in [0.05, 0.1) is 17.7 Å². The normalized spacial score (nSPS) is 23.1. The van der Waals surface area contributed by atoms with E-state index in [1.165, 1.54) is 32.1 Å². The van der Waals surface area contributed by atoms with Gasteiger partial charge in [-0.05, 0) is 38.8 Å². The highest BCUT2D eigenvalue weighted by atomic mass is 16.1. The summed E-state index contributed by atoms with van der Waals surface area (Å²) < 4.78 is 1.67. The Morgan fingerprint density at radius 1 is 1.20 bits per heavy atom. The second-order valence-electron chi connectivity index (χ2n) is 6.27. The molecule has 0 atom stereocenters. The lowest BCUT2D eigenvalue weighted by molar-refractivity contribution is -0.131. The maximum Gasteiger partial charge on any atom is 0.159 e. The molecule has 1 saturated heterocycles. The molecule has 0 amide bonds. The average molecular weight is 276 g/mol. The molecule has 1 saturated carbocycles. The smallest absolute Gasteiger partial charge is 0.159 e. The molecule has 1 aliphatic heterocycles. The highest BCUT2D eigenvalue weighted by Gasteiger charge is 2.45. The number of hydrogen-bond acceptors (Lipinski definition) is 4. The highest BCUT2D eigenvalue weighted by Crippen LogP contribution is 2.38.